The third-order valence-corrected chi connectivity index (χ3v) is 6.57. The maximum atomic E-state index is 12.6. The van der Waals surface area contributed by atoms with Crippen LogP contribution in [0.3, 0.4) is 0 Å². The number of alkyl halides is 3. The van der Waals surface area contributed by atoms with Gasteiger partial charge in [0.25, 0.3) is 0 Å². The van der Waals surface area contributed by atoms with Gasteiger partial charge in [-0.05, 0) is 37.1 Å². The molecule has 2 aliphatic rings. The van der Waals surface area contributed by atoms with Crippen molar-refractivity contribution in [2.75, 3.05) is 43.1 Å². The van der Waals surface area contributed by atoms with Gasteiger partial charge in [0.1, 0.15) is 6.04 Å². The predicted molar refractivity (Wildman–Crippen MR) is 114 cm³/mol. The maximum Gasteiger partial charge on any atom is 0.416 e. The van der Waals surface area contributed by atoms with Gasteiger partial charge in [-0.3, -0.25) is 20.3 Å². The Kier molecular flexibility index (Phi) is 8.00. The zero-order valence-electron chi connectivity index (χ0n) is 17.3. The van der Waals surface area contributed by atoms with Crippen LogP contribution in [0.2, 0.25) is 0 Å². The lowest BCUT2D eigenvalue weighted by molar-refractivity contribution is -0.137. The Bertz CT molecular complexity index is 852. The van der Waals surface area contributed by atoms with Gasteiger partial charge in [-0.1, -0.05) is 0 Å². The number of thioether (sulfide) groups is 1. The van der Waals surface area contributed by atoms with E-state index in [4.69, 9.17) is 11.1 Å². The minimum atomic E-state index is -4.42. The average Bonchev–Trinajstić information content (AvgIpc) is 3.23. The number of amides is 2. The third kappa shape index (κ3) is 6.35. The van der Waals surface area contributed by atoms with E-state index in [1.807, 2.05) is 4.90 Å². The van der Waals surface area contributed by atoms with Crippen LogP contribution in [0.4, 0.5) is 18.9 Å². The van der Waals surface area contributed by atoms with Crippen molar-refractivity contribution in [1.29, 1.82) is 5.26 Å². The molecular formula is C20H25F3N6O2S. The van der Waals surface area contributed by atoms with Crippen molar-refractivity contribution in [3.8, 4) is 6.07 Å². The molecule has 1 atom stereocenters. The van der Waals surface area contributed by atoms with Crippen LogP contribution in [0, 0.1) is 11.3 Å². The van der Waals surface area contributed by atoms with Crippen LogP contribution in [0.25, 0.3) is 0 Å². The number of carbonyl (C=O) groups excluding carboxylic acids is 2. The van der Waals surface area contributed by atoms with E-state index in [0.29, 0.717) is 43.2 Å². The van der Waals surface area contributed by atoms with Crippen LogP contribution in [-0.4, -0.2) is 76.5 Å². The highest BCUT2D eigenvalue weighted by molar-refractivity contribution is 7.99. The summed E-state index contributed by atoms with van der Waals surface area (Å²) in [5.74, 6) is 6.75. The minimum absolute atomic E-state index is 0.0102. The first-order valence-electron chi connectivity index (χ1n) is 10.1. The van der Waals surface area contributed by atoms with Crippen molar-refractivity contribution in [1.82, 2.24) is 14.8 Å². The Hall–Kier alpha value is -2.33. The summed E-state index contributed by atoms with van der Waals surface area (Å²) >= 11 is 1.54. The van der Waals surface area contributed by atoms with Gasteiger partial charge in [0.05, 0.1) is 30.6 Å². The summed E-state index contributed by atoms with van der Waals surface area (Å²) in [6.45, 7) is 1.37. The van der Waals surface area contributed by atoms with Gasteiger partial charge in [0.2, 0.25) is 11.8 Å². The van der Waals surface area contributed by atoms with Crippen molar-refractivity contribution in [2.45, 2.75) is 31.1 Å². The molecule has 12 heteroatoms. The molecule has 8 nitrogen and oxygen atoms in total. The van der Waals surface area contributed by atoms with Crippen molar-refractivity contribution >= 4 is 29.3 Å². The second kappa shape index (κ2) is 10.5. The van der Waals surface area contributed by atoms with Crippen molar-refractivity contribution in [3.63, 3.8) is 0 Å². The molecule has 0 spiro atoms. The molecule has 0 aromatic heterocycles. The number of hydrogen-bond donors (Lipinski definition) is 2. The zero-order valence-corrected chi connectivity index (χ0v) is 18.2. The number of benzene rings is 1. The second-order valence-corrected chi connectivity index (χ2v) is 8.81. The number of carbonyl (C=O) groups is 2. The Morgan fingerprint density at radius 3 is 2.50 bits per heavy atom. The van der Waals surface area contributed by atoms with Crippen LogP contribution in [0.15, 0.2) is 24.3 Å². The molecule has 1 aromatic carbocycles. The van der Waals surface area contributed by atoms with Crippen LogP contribution < -0.4 is 11.2 Å². The Balaban J connectivity index is 1.41. The van der Waals surface area contributed by atoms with Gasteiger partial charge in [0, 0.05) is 30.6 Å². The molecule has 0 aliphatic carbocycles. The Morgan fingerprint density at radius 2 is 1.91 bits per heavy atom. The van der Waals surface area contributed by atoms with Crippen molar-refractivity contribution in [2.24, 2.45) is 5.84 Å². The highest BCUT2D eigenvalue weighted by atomic mass is 32.2. The molecule has 0 radical (unpaired) electrons. The number of rotatable bonds is 6. The highest BCUT2D eigenvalue weighted by Crippen LogP contribution is 2.29. The van der Waals surface area contributed by atoms with E-state index < -0.39 is 17.8 Å². The number of nitrogens with two attached hydrogens (primary N) is 1. The highest BCUT2D eigenvalue weighted by Gasteiger charge is 2.32. The van der Waals surface area contributed by atoms with E-state index in [1.165, 1.54) is 17.1 Å². The van der Waals surface area contributed by atoms with Crippen molar-refractivity contribution < 1.29 is 22.8 Å². The number of likely N-dealkylation sites (tertiary alicyclic amines) is 1. The summed E-state index contributed by atoms with van der Waals surface area (Å²) in [5, 5.41) is 13.2. The summed E-state index contributed by atoms with van der Waals surface area (Å²) < 4.78 is 37.9. The molecule has 0 unspecified atom stereocenters. The van der Waals surface area contributed by atoms with Crippen molar-refractivity contribution in [3.05, 3.63) is 29.8 Å². The van der Waals surface area contributed by atoms with Crippen LogP contribution in [-0.2, 0) is 15.8 Å². The molecule has 2 amide bonds. The fourth-order valence-electron chi connectivity index (χ4n) is 3.73. The first-order valence-corrected chi connectivity index (χ1v) is 11.3. The SMILES string of the molecule is N#C[C@@H]1CSCN1C(=O)CN(N)C1CCN(CC(=O)Nc2ccc(C(F)(F)F)cc2)CC1. The van der Waals surface area contributed by atoms with Gasteiger partial charge >= 0.3 is 6.18 Å². The van der Waals surface area contributed by atoms with E-state index in [1.54, 1.807) is 16.7 Å². The largest absolute Gasteiger partial charge is 0.416 e. The number of hydrazine groups is 1. The topological polar surface area (TPSA) is 106 Å². The summed E-state index contributed by atoms with van der Waals surface area (Å²) in [4.78, 5) is 28.2. The fourth-order valence-corrected chi connectivity index (χ4v) is 4.83. The third-order valence-electron chi connectivity index (χ3n) is 5.56. The number of hydrogen-bond acceptors (Lipinski definition) is 7. The smallest absolute Gasteiger partial charge is 0.325 e. The normalized spacial score (nSPS) is 20.4. The number of nitriles is 1. The molecule has 0 saturated carbocycles. The van der Waals surface area contributed by atoms with E-state index in [-0.39, 0.29) is 30.9 Å². The molecule has 2 heterocycles. The number of anilines is 1. The lowest BCUT2D eigenvalue weighted by Crippen LogP contribution is -2.53. The monoisotopic (exact) mass is 470 g/mol. The molecule has 2 aliphatic heterocycles. The minimum Gasteiger partial charge on any atom is -0.325 e. The lowest BCUT2D eigenvalue weighted by atomic mass is 10.0. The quantitative estimate of drug-likeness (QED) is 0.482. The van der Waals surface area contributed by atoms with E-state index in [9.17, 15) is 22.8 Å². The predicted octanol–water partition coefficient (Wildman–Crippen LogP) is 1.71. The van der Waals surface area contributed by atoms with Crippen LogP contribution in [0.5, 0.6) is 0 Å². The van der Waals surface area contributed by atoms with Gasteiger partial charge in [-0.2, -0.15) is 18.4 Å². The van der Waals surface area contributed by atoms with Gasteiger partial charge in [-0.25, -0.2) is 5.01 Å². The molecule has 3 rings (SSSR count). The summed E-state index contributed by atoms with van der Waals surface area (Å²) in [6.07, 6.45) is -3.07. The lowest BCUT2D eigenvalue weighted by Gasteiger charge is -2.36. The molecule has 3 N–H and O–H groups in total. The molecule has 2 saturated heterocycles. The Labute approximate surface area is 188 Å². The van der Waals surface area contributed by atoms with Crippen LogP contribution in [0.1, 0.15) is 18.4 Å². The summed E-state index contributed by atoms with van der Waals surface area (Å²) in [6, 6.07) is 6.02. The number of nitrogens with one attached hydrogen (secondary N) is 1. The molecule has 2 fully saturated rings. The summed E-state index contributed by atoms with van der Waals surface area (Å²) in [7, 11) is 0. The van der Waals surface area contributed by atoms with E-state index in [2.05, 4.69) is 11.4 Å². The first kappa shape index (κ1) is 24.3. The zero-order chi connectivity index (χ0) is 23.3. The molecule has 1 aromatic rings. The molecule has 174 valence electrons. The van der Waals surface area contributed by atoms with Gasteiger partial charge in [-0.15, -0.1) is 11.8 Å². The van der Waals surface area contributed by atoms with Gasteiger partial charge < -0.3 is 10.2 Å². The van der Waals surface area contributed by atoms with Crippen LogP contribution >= 0.6 is 11.8 Å². The van der Waals surface area contributed by atoms with E-state index in [0.717, 1.165) is 12.1 Å². The van der Waals surface area contributed by atoms with Gasteiger partial charge in [0.15, 0.2) is 0 Å². The second-order valence-electron chi connectivity index (χ2n) is 7.81. The molecule has 32 heavy (non-hydrogen) atoms. The number of nitrogens with zero attached hydrogens (tertiary/aromatic N) is 4. The standard InChI is InChI=1S/C20H25F3N6O2S/c21-20(22,23)14-1-3-15(4-2-14)26-18(30)10-27-7-5-16(6-8-27)29(25)11-19(31)28-13-32-12-17(28)9-24/h1-4,16-17H,5-8,10-13,25H2,(H,26,30)/t17-/m1/s1. The maximum absolute atomic E-state index is 12.6. The molecular weight excluding hydrogens is 445 g/mol. The fraction of sp³-hybridized carbons (Fsp3) is 0.550. The number of piperidine rings is 1. The summed E-state index contributed by atoms with van der Waals surface area (Å²) in [5.41, 5.74) is -0.464. The average molecular weight is 471 g/mol. The first-order chi connectivity index (χ1) is 15.2. The van der Waals surface area contributed by atoms with E-state index >= 15 is 0 Å². The number of halogens is 3. The Morgan fingerprint density at radius 1 is 1.25 bits per heavy atom. The molecule has 0 bridgehead atoms.